The van der Waals surface area contributed by atoms with Crippen molar-refractivity contribution in [2.45, 2.75) is 62.8 Å². The summed E-state index contributed by atoms with van der Waals surface area (Å²) in [7, 11) is -3.46. The summed E-state index contributed by atoms with van der Waals surface area (Å²) in [6.07, 6.45) is 7.36. The second-order valence-electron chi connectivity index (χ2n) is 8.08. The van der Waals surface area contributed by atoms with Crippen LogP contribution in [0.1, 0.15) is 54.4 Å². The smallest absolute Gasteiger partial charge is 0.354 e. The number of fused-ring (bicyclic) bond motifs is 3. The van der Waals surface area contributed by atoms with Crippen molar-refractivity contribution in [1.82, 2.24) is 9.78 Å². The van der Waals surface area contributed by atoms with Crippen LogP contribution in [0.4, 0.5) is 10.5 Å². The number of anilines is 1. The van der Waals surface area contributed by atoms with E-state index >= 15 is 0 Å². The van der Waals surface area contributed by atoms with Crippen molar-refractivity contribution >= 4 is 21.6 Å². The molecule has 0 saturated carbocycles. The van der Waals surface area contributed by atoms with Crippen LogP contribution in [0.3, 0.4) is 0 Å². The van der Waals surface area contributed by atoms with Gasteiger partial charge in [-0.15, -0.1) is 4.36 Å². The van der Waals surface area contributed by atoms with Crippen LogP contribution in [0.2, 0.25) is 0 Å². The number of nitrogens with one attached hydrogen (secondary N) is 1. The average Bonchev–Trinajstić information content (AvgIpc) is 3.39. The Morgan fingerprint density at radius 1 is 1.34 bits per heavy atom. The Labute approximate surface area is 170 Å². The van der Waals surface area contributed by atoms with Gasteiger partial charge in [-0.25, -0.2) is 18.8 Å². The summed E-state index contributed by atoms with van der Waals surface area (Å²) in [6.45, 7) is 3.35. The van der Waals surface area contributed by atoms with Gasteiger partial charge in [-0.1, -0.05) is 13.0 Å². The highest BCUT2D eigenvalue weighted by atomic mass is 32.2. The second kappa shape index (κ2) is 6.84. The molecular weight excluding hydrogens is 390 g/mol. The summed E-state index contributed by atoms with van der Waals surface area (Å²) >= 11 is 0. The summed E-state index contributed by atoms with van der Waals surface area (Å²) in [4.78, 5) is 13.0. The highest BCUT2D eigenvalue weighted by molar-refractivity contribution is 7.91. The monoisotopic (exact) mass is 415 g/mol. The molecule has 2 amide bonds. The van der Waals surface area contributed by atoms with Crippen LogP contribution < -0.4 is 15.2 Å². The highest BCUT2D eigenvalue weighted by Crippen LogP contribution is 2.44. The van der Waals surface area contributed by atoms with Gasteiger partial charge in [0.2, 0.25) is 5.88 Å². The molecule has 2 heterocycles. The number of nitrogens with zero attached hydrogens (tertiary/aromatic N) is 3. The Balaban J connectivity index is 1.50. The first kappa shape index (κ1) is 18.6. The molecule has 0 saturated heterocycles. The molecule has 2 aliphatic carbocycles. The normalized spacial score (nSPS) is 21.5. The topological polar surface area (TPSA) is 112 Å². The predicted molar refractivity (Wildman–Crippen MR) is 110 cm³/mol. The molecule has 1 aromatic carbocycles. The number of rotatable bonds is 2. The Bertz CT molecular complexity index is 1130. The molecule has 2 aromatic rings. The summed E-state index contributed by atoms with van der Waals surface area (Å²) in [5, 5.41) is 13.1. The van der Waals surface area contributed by atoms with Gasteiger partial charge in [0.25, 0.3) is 0 Å². The summed E-state index contributed by atoms with van der Waals surface area (Å²) in [6, 6.07) is 1.62. The maximum absolute atomic E-state index is 13.1. The number of ether oxygens (including phenoxy) is 1. The Morgan fingerprint density at radius 3 is 3.07 bits per heavy atom. The maximum atomic E-state index is 13.1. The molecule has 8 nitrogen and oxygen atoms in total. The van der Waals surface area contributed by atoms with Crippen molar-refractivity contribution in [3.05, 3.63) is 34.5 Å². The van der Waals surface area contributed by atoms with E-state index in [2.05, 4.69) is 27.8 Å². The number of urea groups is 1. The Kier molecular flexibility index (Phi) is 4.40. The van der Waals surface area contributed by atoms with Gasteiger partial charge in [-0.3, -0.25) is 0 Å². The number of aryl methyl sites for hydroxylation is 3. The number of nitrogens with two attached hydrogens (primary N) is 1. The fourth-order valence-corrected chi connectivity index (χ4v) is 5.80. The standard InChI is InChI=1S/C20H25N5O3S/c1-12-6-7-14-10-13-4-2-5-15(13)18(17(12)14)23-20(26)24-29(21,27)16-11-22-25-8-3-9-28-19(16)25/h10-12H,2-9H2,1H3,(H3,21,23,24,26,27)/t12-,29?/m0/s1. The van der Waals surface area contributed by atoms with Crippen LogP contribution in [0.5, 0.6) is 5.88 Å². The third-order valence-corrected chi connectivity index (χ3v) is 7.49. The third kappa shape index (κ3) is 3.12. The zero-order valence-corrected chi connectivity index (χ0v) is 17.3. The maximum Gasteiger partial charge on any atom is 0.354 e. The molecule has 154 valence electrons. The van der Waals surface area contributed by atoms with E-state index in [1.54, 1.807) is 4.68 Å². The van der Waals surface area contributed by atoms with E-state index in [9.17, 15) is 9.00 Å². The minimum atomic E-state index is -3.46. The van der Waals surface area contributed by atoms with Gasteiger partial charge in [-0.05, 0) is 60.3 Å². The van der Waals surface area contributed by atoms with Gasteiger partial charge < -0.3 is 10.1 Å². The molecule has 0 spiro atoms. The van der Waals surface area contributed by atoms with Crippen molar-refractivity contribution in [2.75, 3.05) is 11.9 Å². The first-order valence-electron chi connectivity index (χ1n) is 10.2. The van der Waals surface area contributed by atoms with Crippen molar-refractivity contribution in [2.24, 2.45) is 9.50 Å². The summed E-state index contributed by atoms with van der Waals surface area (Å²) in [5.41, 5.74) is 5.86. The zero-order valence-electron chi connectivity index (χ0n) is 16.4. The number of carbonyl (C=O) groups is 1. The molecule has 5 rings (SSSR count). The van der Waals surface area contributed by atoms with Gasteiger partial charge in [-0.2, -0.15) is 5.10 Å². The van der Waals surface area contributed by atoms with Gasteiger partial charge in [0.05, 0.1) is 12.8 Å². The van der Waals surface area contributed by atoms with E-state index < -0.39 is 15.9 Å². The molecule has 9 heteroatoms. The van der Waals surface area contributed by atoms with Crippen molar-refractivity contribution in [3.63, 3.8) is 0 Å². The molecule has 1 unspecified atom stereocenters. The van der Waals surface area contributed by atoms with Crippen LogP contribution in [-0.2, 0) is 35.7 Å². The van der Waals surface area contributed by atoms with E-state index in [0.717, 1.165) is 44.2 Å². The number of hydrogen-bond donors (Lipinski definition) is 2. The molecule has 2 atom stereocenters. The molecule has 1 aliphatic heterocycles. The predicted octanol–water partition coefficient (Wildman–Crippen LogP) is 3.14. The summed E-state index contributed by atoms with van der Waals surface area (Å²) in [5.74, 6) is 0.722. The largest absolute Gasteiger partial charge is 0.477 e. The number of benzene rings is 1. The quantitative estimate of drug-likeness (QED) is 0.785. The van der Waals surface area contributed by atoms with E-state index in [1.165, 1.54) is 28.5 Å². The zero-order chi connectivity index (χ0) is 20.2. The molecule has 0 bridgehead atoms. The van der Waals surface area contributed by atoms with Gasteiger partial charge in [0.1, 0.15) is 4.90 Å². The lowest BCUT2D eigenvalue weighted by Crippen LogP contribution is -2.21. The van der Waals surface area contributed by atoms with Gasteiger partial charge in [0, 0.05) is 18.7 Å². The fraction of sp³-hybridized carbons (Fsp3) is 0.500. The number of hydrogen-bond acceptors (Lipinski definition) is 4. The molecule has 0 fully saturated rings. The van der Waals surface area contributed by atoms with E-state index in [4.69, 9.17) is 9.88 Å². The first-order valence-corrected chi connectivity index (χ1v) is 11.7. The third-order valence-electron chi connectivity index (χ3n) is 6.14. The first-order chi connectivity index (χ1) is 13.9. The van der Waals surface area contributed by atoms with Crippen LogP contribution in [0, 0.1) is 0 Å². The van der Waals surface area contributed by atoms with Crippen molar-refractivity contribution < 1.29 is 13.7 Å². The van der Waals surface area contributed by atoms with Crippen LogP contribution in [0.25, 0.3) is 0 Å². The Hall–Kier alpha value is -2.39. The minimum Gasteiger partial charge on any atom is -0.477 e. The SMILES string of the molecule is C[C@H]1CCc2cc3c(c(NC(=O)N=S(N)(=O)c4cnn5c4OCCC5)c21)CCC3. The molecular formula is C20H25N5O3S. The average molecular weight is 416 g/mol. The minimum absolute atomic E-state index is 0.171. The second-order valence-corrected chi connectivity index (χ2v) is 9.84. The fourth-order valence-electron chi connectivity index (χ4n) is 4.80. The number of carbonyl (C=O) groups excluding carboxylic acids is 1. The summed E-state index contributed by atoms with van der Waals surface area (Å²) < 4.78 is 24.1. The lowest BCUT2D eigenvalue weighted by atomic mass is 9.95. The van der Waals surface area contributed by atoms with Crippen LogP contribution in [0.15, 0.2) is 21.5 Å². The molecule has 3 aliphatic rings. The molecule has 29 heavy (non-hydrogen) atoms. The van der Waals surface area contributed by atoms with Gasteiger partial charge in [0.15, 0.2) is 9.92 Å². The van der Waals surface area contributed by atoms with E-state index in [0.29, 0.717) is 24.9 Å². The van der Waals surface area contributed by atoms with E-state index in [1.807, 2.05) is 0 Å². The Morgan fingerprint density at radius 2 is 2.21 bits per heavy atom. The van der Waals surface area contributed by atoms with Crippen LogP contribution >= 0.6 is 0 Å². The molecule has 0 radical (unpaired) electrons. The molecule has 3 N–H and O–H groups in total. The van der Waals surface area contributed by atoms with Crippen LogP contribution in [-0.4, -0.2) is 26.6 Å². The highest BCUT2D eigenvalue weighted by Gasteiger charge is 2.29. The van der Waals surface area contributed by atoms with Crippen molar-refractivity contribution in [3.8, 4) is 5.88 Å². The lowest BCUT2D eigenvalue weighted by Gasteiger charge is -2.18. The molecule has 1 aromatic heterocycles. The van der Waals surface area contributed by atoms with E-state index in [-0.39, 0.29) is 4.90 Å². The van der Waals surface area contributed by atoms with Crippen molar-refractivity contribution in [1.29, 1.82) is 0 Å². The lowest BCUT2D eigenvalue weighted by molar-refractivity contribution is 0.224. The number of amides is 2. The van der Waals surface area contributed by atoms with Gasteiger partial charge >= 0.3 is 6.03 Å². The number of aromatic nitrogens is 2.